The van der Waals surface area contributed by atoms with Crippen LogP contribution in [-0.2, 0) is 13.6 Å². The van der Waals surface area contributed by atoms with Crippen LogP contribution in [0.1, 0.15) is 5.56 Å². The lowest BCUT2D eigenvalue weighted by molar-refractivity contribution is 0.249. The molecule has 0 N–H and O–H groups in total. The molecule has 3 aromatic rings. The number of rotatable bonds is 3. The first-order chi connectivity index (χ1) is 12.2. The number of anilines is 1. The summed E-state index contributed by atoms with van der Waals surface area (Å²) in [5.74, 6) is 0. The van der Waals surface area contributed by atoms with Gasteiger partial charge in [0.2, 0.25) is 0 Å². The first kappa shape index (κ1) is 15.7. The standard InChI is InChI=1S/C18H20N6O/c1-22-13-21-17-8-15(2-3-16(17)18(22)25)24-6-4-23(5-7-24)11-14-9-19-12-20-10-14/h2-3,8-10,12-13H,4-7,11H2,1H3. The molecular weight excluding hydrogens is 316 g/mol. The second kappa shape index (κ2) is 6.60. The van der Waals surface area contributed by atoms with Crippen LogP contribution < -0.4 is 10.5 Å². The average Bonchev–Trinajstić information content (AvgIpc) is 2.66. The number of piperazine rings is 1. The predicted octanol–water partition coefficient (Wildman–Crippen LogP) is 1.05. The lowest BCUT2D eigenvalue weighted by Crippen LogP contribution is -2.46. The van der Waals surface area contributed by atoms with Gasteiger partial charge in [-0.05, 0) is 18.2 Å². The van der Waals surface area contributed by atoms with E-state index >= 15 is 0 Å². The minimum Gasteiger partial charge on any atom is -0.369 e. The Balaban J connectivity index is 1.46. The molecule has 0 spiro atoms. The van der Waals surface area contributed by atoms with Crippen LogP contribution in [0, 0.1) is 0 Å². The molecule has 0 radical (unpaired) electrons. The fourth-order valence-electron chi connectivity index (χ4n) is 3.23. The van der Waals surface area contributed by atoms with Crippen LogP contribution in [0.15, 0.2) is 48.0 Å². The second-order valence-corrected chi connectivity index (χ2v) is 6.37. The highest BCUT2D eigenvalue weighted by molar-refractivity contribution is 5.81. The molecule has 4 rings (SSSR count). The lowest BCUT2D eigenvalue weighted by Gasteiger charge is -2.36. The number of hydrogen-bond acceptors (Lipinski definition) is 6. The first-order valence-electron chi connectivity index (χ1n) is 8.37. The molecule has 1 aromatic carbocycles. The van der Waals surface area contributed by atoms with Crippen LogP contribution in [-0.4, -0.2) is 50.6 Å². The summed E-state index contributed by atoms with van der Waals surface area (Å²) in [5, 5.41) is 0.663. The molecule has 7 heteroatoms. The van der Waals surface area contributed by atoms with Crippen LogP contribution in [0.25, 0.3) is 10.9 Å². The topological polar surface area (TPSA) is 67.2 Å². The summed E-state index contributed by atoms with van der Waals surface area (Å²) in [6.45, 7) is 4.74. The van der Waals surface area contributed by atoms with Crippen molar-refractivity contribution in [1.82, 2.24) is 24.4 Å². The maximum absolute atomic E-state index is 12.1. The van der Waals surface area contributed by atoms with Crippen molar-refractivity contribution < 1.29 is 0 Å². The minimum absolute atomic E-state index is 0.00792. The van der Waals surface area contributed by atoms with Crippen molar-refractivity contribution in [1.29, 1.82) is 0 Å². The third-order valence-corrected chi connectivity index (χ3v) is 4.66. The first-order valence-corrected chi connectivity index (χ1v) is 8.37. The van der Waals surface area contributed by atoms with Gasteiger partial charge in [-0.1, -0.05) is 0 Å². The summed E-state index contributed by atoms with van der Waals surface area (Å²) in [4.78, 5) is 29.4. The molecule has 1 aliphatic heterocycles. The Hall–Kier alpha value is -2.80. The molecule has 128 valence electrons. The quantitative estimate of drug-likeness (QED) is 0.712. The molecule has 0 saturated carbocycles. The summed E-state index contributed by atoms with van der Waals surface area (Å²) in [7, 11) is 1.72. The van der Waals surface area contributed by atoms with Crippen molar-refractivity contribution in [2.75, 3.05) is 31.1 Å². The fraction of sp³-hybridized carbons (Fsp3) is 0.333. The molecule has 25 heavy (non-hydrogen) atoms. The molecule has 2 aromatic heterocycles. The summed E-state index contributed by atoms with van der Waals surface area (Å²) >= 11 is 0. The summed E-state index contributed by atoms with van der Waals surface area (Å²) in [6.07, 6.45) is 6.88. The Bertz CT molecular complexity index is 931. The van der Waals surface area contributed by atoms with Crippen LogP contribution in [0.5, 0.6) is 0 Å². The molecule has 0 aliphatic carbocycles. The van der Waals surface area contributed by atoms with Gasteiger partial charge in [-0.2, -0.15) is 0 Å². The Labute approximate surface area is 145 Å². The smallest absolute Gasteiger partial charge is 0.260 e. The number of aryl methyl sites for hydroxylation is 1. The molecule has 0 amide bonds. The minimum atomic E-state index is -0.00792. The second-order valence-electron chi connectivity index (χ2n) is 6.37. The lowest BCUT2D eigenvalue weighted by atomic mass is 10.2. The van der Waals surface area contributed by atoms with Gasteiger partial charge in [0.1, 0.15) is 6.33 Å². The fourth-order valence-corrected chi connectivity index (χ4v) is 3.23. The zero-order valence-corrected chi connectivity index (χ0v) is 14.2. The van der Waals surface area contributed by atoms with E-state index in [1.54, 1.807) is 19.7 Å². The highest BCUT2D eigenvalue weighted by Gasteiger charge is 2.18. The third kappa shape index (κ3) is 3.23. The molecule has 1 saturated heterocycles. The van der Waals surface area contributed by atoms with Crippen LogP contribution >= 0.6 is 0 Å². The highest BCUT2D eigenvalue weighted by Crippen LogP contribution is 2.20. The van der Waals surface area contributed by atoms with E-state index in [0.717, 1.165) is 49.5 Å². The predicted molar refractivity (Wildman–Crippen MR) is 96.5 cm³/mol. The summed E-state index contributed by atoms with van der Waals surface area (Å²) in [5.41, 5.74) is 3.01. The highest BCUT2D eigenvalue weighted by atomic mass is 16.1. The number of benzene rings is 1. The molecule has 7 nitrogen and oxygen atoms in total. The Morgan fingerprint density at radius 2 is 1.84 bits per heavy atom. The maximum Gasteiger partial charge on any atom is 0.260 e. The molecular formula is C18H20N6O. The monoisotopic (exact) mass is 336 g/mol. The van der Waals surface area contributed by atoms with E-state index in [9.17, 15) is 4.79 Å². The van der Waals surface area contributed by atoms with E-state index in [1.807, 2.05) is 30.6 Å². The van der Waals surface area contributed by atoms with Crippen molar-refractivity contribution in [2.45, 2.75) is 6.54 Å². The third-order valence-electron chi connectivity index (χ3n) is 4.66. The van der Waals surface area contributed by atoms with Gasteiger partial charge in [-0.3, -0.25) is 9.69 Å². The molecule has 3 heterocycles. The molecule has 1 aliphatic rings. The van der Waals surface area contributed by atoms with Crippen molar-refractivity contribution in [3.8, 4) is 0 Å². The van der Waals surface area contributed by atoms with E-state index in [2.05, 4.69) is 24.8 Å². The van der Waals surface area contributed by atoms with E-state index < -0.39 is 0 Å². The van der Waals surface area contributed by atoms with E-state index in [0.29, 0.717) is 5.39 Å². The number of fused-ring (bicyclic) bond motifs is 1. The zero-order chi connectivity index (χ0) is 17.2. The van der Waals surface area contributed by atoms with Gasteiger partial charge in [-0.15, -0.1) is 0 Å². The summed E-state index contributed by atoms with van der Waals surface area (Å²) in [6, 6.07) is 5.91. The Kier molecular flexibility index (Phi) is 4.15. The average molecular weight is 336 g/mol. The van der Waals surface area contributed by atoms with Crippen LogP contribution in [0.3, 0.4) is 0 Å². The van der Waals surface area contributed by atoms with Gasteiger partial charge >= 0.3 is 0 Å². The van der Waals surface area contributed by atoms with Gasteiger partial charge < -0.3 is 9.47 Å². The van der Waals surface area contributed by atoms with Gasteiger partial charge in [-0.25, -0.2) is 15.0 Å². The van der Waals surface area contributed by atoms with E-state index in [-0.39, 0.29) is 5.56 Å². The van der Waals surface area contributed by atoms with Crippen molar-refractivity contribution in [2.24, 2.45) is 7.05 Å². The summed E-state index contributed by atoms with van der Waals surface area (Å²) < 4.78 is 1.51. The van der Waals surface area contributed by atoms with Gasteiger partial charge in [0, 0.05) is 63.4 Å². The van der Waals surface area contributed by atoms with Crippen molar-refractivity contribution >= 4 is 16.6 Å². The van der Waals surface area contributed by atoms with Gasteiger partial charge in [0.25, 0.3) is 5.56 Å². The number of aromatic nitrogens is 4. The van der Waals surface area contributed by atoms with Crippen molar-refractivity contribution in [3.63, 3.8) is 0 Å². The van der Waals surface area contributed by atoms with E-state index in [4.69, 9.17) is 0 Å². The zero-order valence-electron chi connectivity index (χ0n) is 14.2. The largest absolute Gasteiger partial charge is 0.369 e. The van der Waals surface area contributed by atoms with Crippen LogP contribution in [0.2, 0.25) is 0 Å². The molecule has 0 bridgehead atoms. The molecule has 0 atom stereocenters. The Morgan fingerprint density at radius 3 is 2.60 bits per heavy atom. The number of hydrogen-bond donors (Lipinski definition) is 0. The van der Waals surface area contributed by atoms with Gasteiger partial charge in [0.05, 0.1) is 17.2 Å². The van der Waals surface area contributed by atoms with E-state index in [1.165, 1.54) is 4.57 Å². The number of nitrogens with zero attached hydrogens (tertiary/aromatic N) is 6. The Morgan fingerprint density at radius 1 is 1.08 bits per heavy atom. The van der Waals surface area contributed by atoms with Crippen molar-refractivity contribution in [3.05, 3.63) is 59.2 Å². The normalized spacial score (nSPS) is 15.6. The van der Waals surface area contributed by atoms with Crippen LogP contribution in [0.4, 0.5) is 5.69 Å². The SMILES string of the molecule is Cn1cnc2cc(N3CCN(Cc4cncnc4)CC3)ccc2c1=O. The maximum atomic E-state index is 12.1. The molecule has 1 fully saturated rings. The van der Waals surface area contributed by atoms with Gasteiger partial charge in [0.15, 0.2) is 0 Å². The molecule has 0 unspecified atom stereocenters.